The molecule has 0 aromatic heterocycles. The van der Waals surface area contributed by atoms with Gasteiger partial charge in [0.1, 0.15) is 0 Å². The normalized spacial score (nSPS) is 24.4. The Labute approximate surface area is 93.3 Å². The summed E-state index contributed by atoms with van der Waals surface area (Å²) in [5.74, 6) is 0. The van der Waals surface area contributed by atoms with Crippen molar-refractivity contribution < 1.29 is 9.47 Å². The SMILES string of the molecule is CC(C)OCC(N)CCC1CCCCO1. The van der Waals surface area contributed by atoms with Crippen LogP contribution in [0.25, 0.3) is 0 Å². The average molecular weight is 215 g/mol. The largest absolute Gasteiger partial charge is 0.378 e. The highest BCUT2D eigenvalue weighted by atomic mass is 16.5. The molecule has 3 heteroatoms. The molecule has 2 N–H and O–H groups in total. The molecule has 1 aliphatic rings. The summed E-state index contributed by atoms with van der Waals surface area (Å²) in [6.45, 7) is 5.68. The topological polar surface area (TPSA) is 44.5 Å². The Balaban J connectivity index is 2.02. The third kappa shape index (κ3) is 6.13. The van der Waals surface area contributed by atoms with Gasteiger partial charge >= 0.3 is 0 Å². The predicted molar refractivity (Wildman–Crippen MR) is 61.9 cm³/mol. The monoisotopic (exact) mass is 215 g/mol. The molecular formula is C12H25NO2. The molecule has 3 nitrogen and oxygen atoms in total. The molecule has 0 spiro atoms. The predicted octanol–water partition coefficient (Wildman–Crippen LogP) is 2.09. The van der Waals surface area contributed by atoms with Crippen LogP contribution in [0, 0.1) is 0 Å². The highest BCUT2D eigenvalue weighted by Crippen LogP contribution is 2.17. The first-order valence-corrected chi connectivity index (χ1v) is 6.17. The molecule has 90 valence electrons. The van der Waals surface area contributed by atoms with Crippen molar-refractivity contribution in [2.75, 3.05) is 13.2 Å². The second-order valence-corrected chi connectivity index (χ2v) is 4.71. The van der Waals surface area contributed by atoms with Crippen molar-refractivity contribution in [2.45, 2.75) is 64.2 Å². The van der Waals surface area contributed by atoms with Gasteiger partial charge in [0.25, 0.3) is 0 Å². The lowest BCUT2D eigenvalue weighted by atomic mass is 10.0. The summed E-state index contributed by atoms with van der Waals surface area (Å²) >= 11 is 0. The van der Waals surface area contributed by atoms with E-state index in [2.05, 4.69) is 0 Å². The third-order valence-corrected chi connectivity index (χ3v) is 2.78. The van der Waals surface area contributed by atoms with Crippen molar-refractivity contribution in [3.63, 3.8) is 0 Å². The van der Waals surface area contributed by atoms with E-state index in [9.17, 15) is 0 Å². The molecular weight excluding hydrogens is 190 g/mol. The molecule has 0 bridgehead atoms. The van der Waals surface area contributed by atoms with E-state index in [1.54, 1.807) is 0 Å². The van der Waals surface area contributed by atoms with Crippen molar-refractivity contribution in [3.05, 3.63) is 0 Å². The minimum Gasteiger partial charge on any atom is -0.378 e. The minimum absolute atomic E-state index is 0.165. The second kappa shape index (κ2) is 7.20. The number of rotatable bonds is 6. The van der Waals surface area contributed by atoms with Gasteiger partial charge in [0, 0.05) is 12.6 Å². The van der Waals surface area contributed by atoms with E-state index in [1.807, 2.05) is 13.8 Å². The van der Waals surface area contributed by atoms with Gasteiger partial charge in [-0.1, -0.05) is 0 Å². The van der Waals surface area contributed by atoms with Crippen LogP contribution in [-0.2, 0) is 9.47 Å². The molecule has 0 saturated carbocycles. The molecule has 1 rings (SSSR count). The highest BCUT2D eigenvalue weighted by Gasteiger charge is 2.15. The van der Waals surface area contributed by atoms with Crippen molar-refractivity contribution in [3.8, 4) is 0 Å². The van der Waals surface area contributed by atoms with Crippen LogP contribution < -0.4 is 5.73 Å². The van der Waals surface area contributed by atoms with Gasteiger partial charge in [0.05, 0.1) is 18.8 Å². The van der Waals surface area contributed by atoms with Crippen LogP contribution in [0.4, 0.5) is 0 Å². The summed E-state index contributed by atoms with van der Waals surface area (Å²) in [6.07, 6.45) is 6.56. The molecule has 2 unspecified atom stereocenters. The zero-order valence-electron chi connectivity index (χ0n) is 10.1. The summed E-state index contributed by atoms with van der Waals surface area (Å²) < 4.78 is 11.1. The zero-order valence-corrected chi connectivity index (χ0v) is 10.1. The van der Waals surface area contributed by atoms with Crippen molar-refractivity contribution in [1.29, 1.82) is 0 Å². The Hall–Kier alpha value is -0.120. The van der Waals surface area contributed by atoms with E-state index in [1.165, 1.54) is 19.3 Å². The standard InChI is InChI=1S/C12H25NO2/c1-10(2)15-9-11(13)6-7-12-5-3-4-8-14-12/h10-12H,3-9,13H2,1-2H3. The van der Waals surface area contributed by atoms with Gasteiger partial charge in [-0.25, -0.2) is 0 Å². The van der Waals surface area contributed by atoms with Crippen LogP contribution >= 0.6 is 0 Å². The molecule has 2 atom stereocenters. The lowest BCUT2D eigenvalue weighted by molar-refractivity contribution is 0.00550. The molecule has 15 heavy (non-hydrogen) atoms. The lowest BCUT2D eigenvalue weighted by Gasteiger charge is -2.24. The molecule has 1 aliphatic heterocycles. The Morgan fingerprint density at radius 1 is 1.40 bits per heavy atom. The fourth-order valence-corrected chi connectivity index (χ4v) is 1.83. The summed E-state index contributed by atoms with van der Waals surface area (Å²) in [5.41, 5.74) is 5.96. The number of hydrogen-bond acceptors (Lipinski definition) is 3. The quantitative estimate of drug-likeness (QED) is 0.738. The van der Waals surface area contributed by atoms with Crippen LogP contribution in [-0.4, -0.2) is 31.5 Å². The highest BCUT2D eigenvalue weighted by molar-refractivity contribution is 4.68. The first-order chi connectivity index (χ1) is 7.18. The smallest absolute Gasteiger partial charge is 0.0620 e. The minimum atomic E-state index is 0.165. The third-order valence-electron chi connectivity index (χ3n) is 2.78. The fourth-order valence-electron chi connectivity index (χ4n) is 1.83. The summed E-state index contributed by atoms with van der Waals surface area (Å²) in [5, 5.41) is 0. The Kier molecular flexibility index (Phi) is 6.22. The summed E-state index contributed by atoms with van der Waals surface area (Å²) in [6, 6.07) is 0.165. The number of ether oxygens (including phenoxy) is 2. The Morgan fingerprint density at radius 2 is 2.20 bits per heavy atom. The van der Waals surface area contributed by atoms with E-state index in [-0.39, 0.29) is 12.1 Å². The van der Waals surface area contributed by atoms with Crippen LogP contribution in [0.2, 0.25) is 0 Å². The Morgan fingerprint density at radius 3 is 2.80 bits per heavy atom. The molecule has 0 aliphatic carbocycles. The van der Waals surface area contributed by atoms with Gasteiger partial charge in [-0.3, -0.25) is 0 Å². The van der Waals surface area contributed by atoms with E-state index in [0.717, 1.165) is 19.4 Å². The van der Waals surface area contributed by atoms with Gasteiger partial charge < -0.3 is 15.2 Å². The maximum atomic E-state index is 5.96. The van der Waals surface area contributed by atoms with Gasteiger partial charge in [0.2, 0.25) is 0 Å². The van der Waals surface area contributed by atoms with Gasteiger partial charge in [0.15, 0.2) is 0 Å². The van der Waals surface area contributed by atoms with Gasteiger partial charge in [-0.2, -0.15) is 0 Å². The Bertz CT molecular complexity index is 156. The van der Waals surface area contributed by atoms with E-state index < -0.39 is 0 Å². The summed E-state index contributed by atoms with van der Waals surface area (Å²) in [4.78, 5) is 0. The first kappa shape index (κ1) is 12.9. The van der Waals surface area contributed by atoms with Crippen molar-refractivity contribution in [1.82, 2.24) is 0 Å². The first-order valence-electron chi connectivity index (χ1n) is 6.17. The maximum absolute atomic E-state index is 5.96. The molecule has 0 radical (unpaired) electrons. The van der Waals surface area contributed by atoms with E-state index in [4.69, 9.17) is 15.2 Å². The number of hydrogen-bond donors (Lipinski definition) is 1. The maximum Gasteiger partial charge on any atom is 0.0620 e. The van der Waals surface area contributed by atoms with Gasteiger partial charge in [-0.05, 0) is 46.0 Å². The molecule has 1 saturated heterocycles. The zero-order chi connectivity index (χ0) is 11.1. The van der Waals surface area contributed by atoms with Crippen LogP contribution in [0.5, 0.6) is 0 Å². The van der Waals surface area contributed by atoms with Crippen molar-refractivity contribution >= 4 is 0 Å². The second-order valence-electron chi connectivity index (χ2n) is 4.71. The average Bonchev–Trinajstić information content (AvgIpc) is 2.25. The summed E-state index contributed by atoms with van der Waals surface area (Å²) in [7, 11) is 0. The van der Waals surface area contributed by atoms with E-state index in [0.29, 0.717) is 12.7 Å². The molecule has 1 fully saturated rings. The number of nitrogens with two attached hydrogens (primary N) is 1. The van der Waals surface area contributed by atoms with Crippen LogP contribution in [0.3, 0.4) is 0 Å². The lowest BCUT2D eigenvalue weighted by Crippen LogP contribution is -2.30. The molecule has 1 heterocycles. The van der Waals surface area contributed by atoms with E-state index >= 15 is 0 Å². The molecule has 0 aromatic rings. The van der Waals surface area contributed by atoms with Gasteiger partial charge in [-0.15, -0.1) is 0 Å². The van der Waals surface area contributed by atoms with Crippen LogP contribution in [0.1, 0.15) is 46.0 Å². The molecule has 0 amide bonds. The van der Waals surface area contributed by atoms with Crippen LogP contribution in [0.15, 0.2) is 0 Å². The van der Waals surface area contributed by atoms with Crippen molar-refractivity contribution in [2.24, 2.45) is 5.73 Å². The molecule has 0 aromatic carbocycles. The fraction of sp³-hybridized carbons (Fsp3) is 1.00.